The van der Waals surface area contributed by atoms with Gasteiger partial charge < -0.3 is 5.32 Å². The number of guanidine groups is 1. The van der Waals surface area contributed by atoms with E-state index >= 15 is 0 Å². The minimum Gasteiger partial charge on any atom is -0.356 e. The van der Waals surface area contributed by atoms with E-state index in [9.17, 15) is 9.59 Å². The lowest BCUT2D eigenvalue weighted by atomic mass is 10.1. The zero-order chi connectivity index (χ0) is 15.9. The molecule has 7 N–H and O–H groups in total. The molecule has 116 valence electrons. The van der Waals surface area contributed by atoms with Crippen LogP contribution in [0.4, 0.5) is 0 Å². The molecule has 8 heteroatoms. The summed E-state index contributed by atoms with van der Waals surface area (Å²) in [5.74, 6) is 0.00429. The third-order valence-corrected chi connectivity index (χ3v) is 3.11. The molecule has 0 aliphatic carbocycles. The van der Waals surface area contributed by atoms with Crippen LogP contribution in [0.5, 0.6) is 0 Å². The molecule has 0 bridgehead atoms. The highest BCUT2D eigenvalue weighted by Crippen LogP contribution is 2.12. The van der Waals surface area contributed by atoms with Gasteiger partial charge in [-0.05, 0) is 12.5 Å². The molecule has 0 aliphatic rings. The van der Waals surface area contributed by atoms with E-state index < -0.39 is 0 Å². The van der Waals surface area contributed by atoms with Crippen molar-refractivity contribution in [2.45, 2.75) is 12.8 Å². The molecular formula is C14H19N6O2+. The lowest BCUT2D eigenvalue weighted by Crippen LogP contribution is -2.78. The number of hydrogen-bond acceptors (Lipinski definition) is 3. The van der Waals surface area contributed by atoms with Crippen molar-refractivity contribution in [2.75, 3.05) is 13.1 Å². The summed E-state index contributed by atoms with van der Waals surface area (Å²) in [5, 5.41) is 10.4. The van der Waals surface area contributed by atoms with E-state index in [4.69, 9.17) is 11.5 Å². The summed E-state index contributed by atoms with van der Waals surface area (Å²) in [7, 11) is 0. The van der Waals surface area contributed by atoms with Crippen LogP contribution in [0.3, 0.4) is 0 Å². The first-order valence-electron chi connectivity index (χ1n) is 6.92. The fourth-order valence-electron chi connectivity index (χ4n) is 2.07. The van der Waals surface area contributed by atoms with Crippen molar-refractivity contribution in [3.8, 4) is 0 Å². The van der Waals surface area contributed by atoms with Crippen LogP contribution < -0.4 is 27.3 Å². The molecule has 0 atom stereocenters. The fraction of sp³-hybridized carbons (Fsp3) is 0.286. The van der Waals surface area contributed by atoms with Crippen LogP contribution in [-0.4, -0.2) is 35.2 Å². The van der Waals surface area contributed by atoms with Crippen molar-refractivity contribution in [1.82, 2.24) is 15.5 Å². The number of nitrogens with zero attached hydrogens (tertiary/aromatic N) is 1. The molecule has 0 aliphatic heterocycles. The van der Waals surface area contributed by atoms with Crippen LogP contribution in [0.25, 0.3) is 10.8 Å². The zero-order valence-corrected chi connectivity index (χ0v) is 12.1. The Hall–Kier alpha value is -2.90. The van der Waals surface area contributed by atoms with Crippen LogP contribution in [0.15, 0.2) is 29.1 Å². The minimum atomic E-state index is -0.263. The molecule has 0 saturated carbocycles. The maximum absolute atomic E-state index is 11.9. The average molecular weight is 303 g/mol. The van der Waals surface area contributed by atoms with Crippen molar-refractivity contribution < 1.29 is 9.79 Å². The van der Waals surface area contributed by atoms with E-state index in [1.54, 1.807) is 18.2 Å². The highest BCUT2D eigenvalue weighted by molar-refractivity contribution is 5.88. The van der Waals surface area contributed by atoms with Gasteiger partial charge in [-0.1, -0.05) is 18.2 Å². The van der Waals surface area contributed by atoms with E-state index in [1.165, 1.54) is 0 Å². The predicted octanol–water partition coefficient (Wildman–Crippen LogP) is -2.67. The number of amides is 1. The molecule has 0 fully saturated rings. The third kappa shape index (κ3) is 4.05. The Kier molecular flexibility index (Phi) is 5.07. The molecule has 0 spiro atoms. The first kappa shape index (κ1) is 15.5. The Morgan fingerprint density at radius 3 is 2.73 bits per heavy atom. The highest BCUT2D eigenvalue weighted by Gasteiger charge is 2.10. The monoisotopic (exact) mass is 303 g/mol. The number of rotatable bonds is 6. The topological polar surface area (TPSA) is 141 Å². The highest BCUT2D eigenvalue weighted by atomic mass is 16.1. The number of carbonyl (C=O) groups excluding carboxylic acids is 1. The normalized spacial score (nSPS) is 10.4. The Bertz CT molecular complexity index is 748. The second kappa shape index (κ2) is 7.21. The fourth-order valence-corrected chi connectivity index (χ4v) is 2.07. The van der Waals surface area contributed by atoms with E-state index in [2.05, 4.69) is 20.5 Å². The smallest absolute Gasteiger partial charge is 0.338 e. The largest absolute Gasteiger partial charge is 0.356 e. The standard InChI is InChI=1S/C14H18N6O2/c15-14(16)18-7-3-6-17-12(21)8-11-9-4-1-2-5-10(9)13(22)20-19-11/h1-2,4-5H,3,6-8H2,(H,17,21)(H,20,22)(H4,15,16,18)/p+1. The number of nitrogens with one attached hydrogen (secondary N) is 3. The van der Waals surface area contributed by atoms with Gasteiger partial charge in [0.15, 0.2) is 0 Å². The lowest BCUT2D eigenvalue weighted by molar-refractivity contribution is -0.459. The van der Waals surface area contributed by atoms with Gasteiger partial charge in [-0.15, -0.1) is 0 Å². The van der Waals surface area contributed by atoms with E-state index in [-0.39, 0.29) is 23.8 Å². The van der Waals surface area contributed by atoms with Crippen molar-refractivity contribution in [1.29, 1.82) is 0 Å². The maximum Gasteiger partial charge on any atom is 0.338 e. The molecule has 8 nitrogen and oxygen atoms in total. The van der Waals surface area contributed by atoms with Crippen LogP contribution >= 0.6 is 0 Å². The number of H-pyrrole nitrogens is 1. The van der Waals surface area contributed by atoms with Gasteiger partial charge in [0.25, 0.3) is 5.56 Å². The quantitative estimate of drug-likeness (QED) is 0.225. The molecule has 0 unspecified atom stereocenters. The van der Waals surface area contributed by atoms with E-state index in [0.717, 1.165) is 0 Å². The Morgan fingerprint density at radius 2 is 2.00 bits per heavy atom. The summed E-state index contributed by atoms with van der Waals surface area (Å²) in [4.78, 5) is 26.4. The van der Waals surface area contributed by atoms with Gasteiger partial charge in [-0.2, -0.15) is 5.10 Å². The van der Waals surface area contributed by atoms with Crippen LogP contribution in [0, 0.1) is 0 Å². The molecule has 2 aromatic rings. The summed E-state index contributed by atoms with van der Waals surface area (Å²) >= 11 is 0. The number of aromatic amines is 1. The summed E-state index contributed by atoms with van der Waals surface area (Å²) in [6.45, 7) is 1.09. The lowest BCUT2D eigenvalue weighted by Gasteiger charge is -2.06. The molecule has 0 radical (unpaired) electrons. The maximum atomic E-state index is 11.9. The second-order valence-corrected chi connectivity index (χ2v) is 4.81. The summed E-state index contributed by atoms with van der Waals surface area (Å²) in [6.07, 6.45) is 0.805. The SMILES string of the molecule is NC(N)=[NH+]CCCNC(=O)Cc1n[nH]c(=O)c2ccccc12. The summed E-state index contributed by atoms with van der Waals surface area (Å²) in [6, 6.07) is 7.07. The van der Waals surface area contributed by atoms with Crippen LogP contribution in [-0.2, 0) is 11.2 Å². The summed E-state index contributed by atoms with van der Waals surface area (Å²) in [5.41, 5.74) is 10.8. The Labute approximate surface area is 126 Å². The Morgan fingerprint density at radius 1 is 1.27 bits per heavy atom. The van der Waals surface area contributed by atoms with Crippen molar-refractivity contribution in [3.63, 3.8) is 0 Å². The predicted molar refractivity (Wildman–Crippen MR) is 82.9 cm³/mol. The average Bonchev–Trinajstić information content (AvgIpc) is 2.50. The van der Waals surface area contributed by atoms with E-state index in [1.807, 2.05) is 6.07 Å². The van der Waals surface area contributed by atoms with Gasteiger partial charge >= 0.3 is 5.96 Å². The third-order valence-electron chi connectivity index (χ3n) is 3.11. The molecule has 1 heterocycles. The number of aromatic nitrogens is 2. The van der Waals surface area contributed by atoms with Crippen molar-refractivity contribution >= 4 is 22.6 Å². The van der Waals surface area contributed by atoms with Crippen molar-refractivity contribution in [3.05, 3.63) is 40.3 Å². The number of nitrogens with two attached hydrogens (primary N) is 2. The minimum absolute atomic E-state index is 0.107. The first-order valence-corrected chi connectivity index (χ1v) is 6.92. The van der Waals surface area contributed by atoms with Gasteiger partial charge in [0.1, 0.15) is 0 Å². The van der Waals surface area contributed by atoms with E-state index in [0.29, 0.717) is 36.0 Å². The molecule has 1 aromatic heterocycles. The van der Waals surface area contributed by atoms with Crippen molar-refractivity contribution in [2.24, 2.45) is 11.5 Å². The van der Waals surface area contributed by atoms with Crippen LogP contribution in [0.1, 0.15) is 12.1 Å². The van der Waals surface area contributed by atoms with Crippen LogP contribution in [0.2, 0.25) is 0 Å². The molecule has 2 rings (SSSR count). The van der Waals surface area contributed by atoms with Gasteiger partial charge in [-0.3, -0.25) is 26.0 Å². The van der Waals surface area contributed by atoms with Gasteiger partial charge in [0, 0.05) is 11.9 Å². The molecule has 1 amide bonds. The second-order valence-electron chi connectivity index (χ2n) is 4.81. The number of carbonyl (C=O) groups is 1. The molecule has 0 saturated heterocycles. The first-order chi connectivity index (χ1) is 10.6. The van der Waals surface area contributed by atoms with Gasteiger partial charge in [0.05, 0.1) is 24.0 Å². The number of fused-ring (bicyclic) bond motifs is 1. The molecule has 1 aromatic carbocycles. The number of benzene rings is 1. The number of hydrogen-bond donors (Lipinski definition) is 5. The molecule has 22 heavy (non-hydrogen) atoms. The van der Waals surface area contributed by atoms with Gasteiger partial charge in [0.2, 0.25) is 5.91 Å². The zero-order valence-electron chi connectivity index (χ0n) is 12.1. The molecular weight excluding hydrogens is 284 g/mol. The van der Waals surface area contributed by atoms with Gasteiger partial charge in [-0.25, -0.2) is 5.10 Å². The Balaban J connectivity index is 1.96. The summed E-state index contributed by atoms with van der Waals surface area (Å²) < 4.78 is 0.